The van der Waals surface area contributed by atoms with Gasteiger partial charge in [0, 0.05) is 19.9 Å². The van der Waals surface area contributed by atoms with Crippen LogP contribution in [0.25, 0.3) is 0 Å². The van der Waals surface area contributed by atoms with Crippen molar-refractivity contribution in [2.24, 2.45) is 5.92 Å². The maximum absolute atomic E-state index is 12.0. The molecule has 0 saturated carbocycles. The maximum Gasteiger partial charge on any atom is 0.312 e. The van der Waals surface area contributed by atoms with Crippen LogP contribution in [0, 0.1) is 5.92 Å². The van der Waals surface area contributed by atoms with Crippen molar-refractivity contribution >= 4 is 17.9 Å². The number of nitrogens with zero attached hydrogens (tertiary/aromatic N) is 1. The number of carbonyl (C=O) groups excluding carboxylic acids is 3. The van der Waals surface area contributed by atoms with Gasteiger partial charge in [-0.25, -0.2) is 0 Å². The number of hydrogen-bond donors (Lipinski definition) is 0. The average molecular weight is 345 g/mol. The summed E-state index contributed by atoms with van der Waals surface area (Å²) in [6.07, 6.45) is -0.0491. The average Bonchev–Trinajstić information content (AvgIpc) is 2.44. The zero-order valence-corrected chi connectivity index (χ0v) is 15.7. The third-order valence-electron chi connectivity index (χ3n) is 3.10. The summed E-state index contributed by atoms with van der Waals surface area (Å²) in [5.74, 6) is -1.62. The number of carbonyl (C=O) groups is 3. The van der Waals surface area contributed by atoms with Crippen molar-refractivity contribution in [3.05, 3.63) is 0 Å². The summed E-state index contributed by atoms with van der Waals surface area (Å²) in [6, 6.07) is 0. The van der Waals surface area contributed by atoms with Crippen LogP contribution in [0.2, 0.25) is 0 Å². The topological polar surface area (TPSA) is 82.1 Å². The Balaban J connectivity index is 4.49. The summed E-state index contributed by atoms with van der Waals surface area (Å²) < 4.78 is 15.4. The second-order valence-corrected chi connectivity index (χ2v) is 6.31. The Morgan fingerprint density at radius 2 is 1.58 bits per heavy atom. The van der Waals surface area contributed by atoms with E-state index in [0.29, 0.717) is 25.8 Å². The monoisotopic (exact) mass is 345 g/mol. The molecule has 0 amide bonds. The van der Waals surface area contributed by atoms with Crippen LogP contribution >= 0.6 is 0 Å². The van der Waals surface area contributed by atoms with Crippen molar-refractivity contribution in [2.45, 2.75) is 65.8 Å². The highest BCUT2D eigenvalue weighted by Gasteiger charge is 2.22. The molecule has 0 aliphatic rings. The number of ether oxygens (including phenoxy) is 3. The van der Waals surface area contributed by atoms with E-state index in [-0.39, 0.29) is 18.3 Å². The van der Waals surface area contributed by atoms with Gasteiger partial charge in [0.2, 0.25) is 6.29 Å². The Morgan fingerprint density at radius 1 is 0.958 bits per heavy atom. The number of esters is 3. The summed E-state index contributed by atoms with van der Waals surface area (Å²) in [6.45, 7) is 7.43. The molecule has 0 bridgehead atoms. The van der Waals surface area contributed by atoms with Crippen LogP contribution in [0.3, 0.4) is 0 Å². The molecule has 0 radical (unpaired) electrons. The molecule has 0 saturated heterocycles. The number of rotatable bonds is 11. The minimum absolute atomic E-state index is 0.0626. The highest BCUT2D eigenvalue weighted by molar-refractivity contribution is 5.73. The first kappa shape index (κ1) is 22.4. The van der Waals surface area contributed by atoms with Crippen LogP contribution in [0.4, 0.5) is 0 Å². The molecule has 24 heavy (non-hydrogen) atoms. The van der Waals surface area contributed by atoms with E-state index in [1.54, 1.807) is 13.8 Å². The first-order valence-corrected chi connectivity index (χ1v) is 8.39. The minimum atomic E-state index is -0.965. The van der Waals surface area contributed by atoms with Crippen molar-refractivity contribution in [1.82, 2.24) is 4.90 Å². The second kappa shape index (κ2) is 11.8. The lowest BCUT2D eigenvalue weighted by Gasteiger charge is -2.21. The van der Waals surface area contributed by atoms with Crippen LogP contribution in [-0.2, 0) is 28.6 Å². The largest absolute Gasteiger partial charge is 0.462 e. The predicted octanol–water partition coefficient (Wildman–Crippen LogP) is 2.13. The van der Waals surface area contributed by atoms with Crippen LogP contribution < -0.4 is 0 Å². The second-order valence-electron chi connectivity index (χ2n) is 6.31. The Morgan fingerprint density at radius 3 is 2.08 bits per heavy atom. The maximum atomic E-state index is 12.0. The van der Waals surface area contributed by atoms with Crippen molar-refractivity contribution in [1.29, 1.82) is 0 Å². The molecular weight excluding hydrogens is 314 g/mol. The Bertz CT molecular complexity index is 408. The molecule has 7 nitrogen and oxygen atoms in total. The van der Waals surface area contributed by atoms with Gasteiger partial charge in [0.1, 0.15) is 6.10 Å². The lowest BCUT2D eigenvalue weighted by Crippen LogP contribution is -2.29. The summed E-state index contributed by atoms with van der Waals surface area (Å²) in [5, 5.41) is 0. The van der Waals surface area contributed by atoms with Crippen LogP contribution in [-0.4, -0.2) is 55.8 Å². The van der Waals surface area contributed by atoms with E-state index in [4.69, 9.17) is 14.2 Å². The zero-order valence-electron chi connectivity index (χ0n) is 15.7. The first-order valence-electron chi connectivity index (χ1n) is 8.39. The zero-order chi connectivity index (χ0) is 18.7. The molecule has 7 heteroatoms. The van der Waals surface area contributed by atoms with Gasteiger partial charge in [-0.15, -0.1) is 0 Å². The highest BCUT2D eigenvalue weighted by atomic mass is 16.7. The Kier molecular flexibility index (Phi) is 11.0. The normalized spacial score (nSPS) is 13.5. The van der Waals surface area contributed by atoms with Gasteiger partial charge in [0.25, 0.3) is 0 Å². The van der Waals surface area contributed by atoms with Gasteiger partial charge in [0.15, 0.2) is 0 Å². The fourth-order valence-corrected chi connectivity index (χ4v) is 1.80. The number of hydrogen-bond acceptors (Lipinski definition) is 7. The molecule has 0 spiro atoms. The van der Waals surface area contributed by atoms with E-state index in [0.717, 1.165) is 0 Å². The van der Waals surface area contributed by atoms with Crippen LogP contribution in [0.5, 0.6) is 0 Å². The standard InChI is InChI=1S/C17H31NO6/c1-7-8-15(19)24-14(9-10-18(5)6)11-16(20)22-13(4)23-17(21)12(2)3/h12-14H,7-11H2,1-6H3/t13?,14-/m0/s1. The minimum Gasteiger partial charge on any atom is -0.462 e. The first-order chi connectivity index (χ1) is 11.1. The van der Waals surface area contributed by atoms with Crippen LogP contribution in [0.15, 0.2) is 0 Å². The molecule has 0 aromatic carbocycles. The molecule has 0 N–H and O–H groups in total. The van der Waals surface area contributed by atoms with E-state index >= 15 is 0 Å². The van der Waals surface area contributed by atoms with Crippen molar-refractivity contribution < 1.29 is 28.6 Å². The third-order valence-corrected chi connectivity index (χ3v) is 3.10. The molecular formula is C17H31NO6. The molecule has 0 aliphatic heterocycles. The van der Waals surface area contributed by atoms with Crippen LogP contribution in [0.1, 0.15) is 53.4 Å². The summed E-state index contributed by atoms with van der Waals surface area (Å²) >= 11 is 0. The molecule has 2 atom stereocenters. The molecule has 0 aliphatic carbocycles. The van der Waals surface area contributed by atoms with E-state index in [1.807, 2.05) is 25.9 Å². The molecule has 0 aromatic rings. The molecule has 0 aromatic heterocycles. The third kappa shape index (κ3) is 11.0. The lowest BCUT2D eigenvalue weighted by atomic mass is 10.1. The summed E-state index contributed by atoms with van der Waals surface area (Å²) in [5.41, 5.74) is 0. The van der Waals surface area contributed by atoms with Gasteiger partial charge in [0.05, 0.1) is 12.3 Å². The van der Waals surface area contributed by atoms with Gasteiger partial charge in [-0.1, -0.05) is 20.8 Å². The molecule has 0 heterocycles. The highest BCUT2D eigenvalue weighted by Crippen LogP contribution is 2.11. The quantitative estimate of drug-likeness (QED) is 0.419. The smallest absolute Gasteiger partial charge is 0.312 e. The van der Waals surface area contributed by atoms with E-state index in [1.165, 1.54) is 6.92 Å². The van der Waals surface area contributed by atoms with E-state index in [9.17, 15) is 14.4 Å². The van der Waals surface area contributed by atoms with Gasteiger partial charge in [-0.3, -0.25) is 14.4 Å². The van der Waals surface area contributed by atoms with Gasteiger partial charge in [-0.05, 0) is 26.9 Å². The SMILES string of the molecule is CCCC(=O)O[C@@H](CCN(C)C)CC(=O)OC(C)OC(=O)C(C)C. The lowest BCUT2D eigenvalue weighted by molar-refractivity contribution is -0.188. The van der Waals surface area contributed by atoms with Gasteiger partial charge >= 0.3 is 17.9 Å². The molecule has 0 rings (SSSR count). The Hall–Kier alpha value is -1.63. The van der Waals surface area contributed by atoms with Crippen molar-refractivity contribution in [2.75, 3.05) is 20.6 Å². The molecule has 0 fully saturated rings. The fraction of sp³-hybridized carbons (Fsp3) is 0.824. The molecule has 140 valence electrons. The van der Waals surface area contributed by atoms with Gasteiger partial charge < -0.3 is 19.1 Å². The molecule has 1 unspecified atom stereocenters. The Labute approximate surface area is 144 Å². The fourth-order valence-electron chi connectivity index (χ4n) is 1.80. The van der Waals surface area contributed by atoms with Gasteiger partial charge in [-0.2, -0.15) is 0 Å². The van der Waals surface area contributed by atoms with Crippen molar-refractivity contribution in [3.8, 4) is 0 Å². The summed E-state index contributed by atoms with van der Waals surface area (Å²) in [7, 11) is 3.80. The van der Waals surface area contributed by atoms with Crippen molar-refractivity contribution in [3.63, 3.8) is 0 Å². The van der Waals surface area contributed by atoms with E-state index < -0.39 is 24.3 Å². The van der Waals surface area contributed by atoms with E-state index in [2.05, 4.69) is 0 Å². The predicted molar refractivity (Wildman–Crippen MR) is 89.1 cm³/mol. The summed E-state index contributed by atoms with van der Waals surface area (Å²) in [4.78, 5) is 37.1.